The molecule has 0 unspecified atom stereocenters. The van der Waals surface area contributed by atoms with Gasteiger partial charge in [0.05, 0.1) is 5.56 Å². The standard InChI is InChI=1S/C15H16F3N3OS2/c1-9(2)6-12(22)19-13-20-21-14(24-13)23-8-10-4-3-5-11(7-10)15(16,17)18/h3-5,7,9H,6,8H2,1-2H3,(H,19,20,22). The van der Waals surface area contributed by atoms with Crippen molar-refractivity contribution in [1.29, 1.82) is 0 Å². The first kappa shape index (κ1) is 18.7. The molecule has 2 rings (SSSR count). The van der Waals surface area contributed by atoms with Crippen LogP contribution < -0.4 is 5.32 Å². The number of carbonyl (C=O) groups excluding carboxylic acids is 1. The first-order valence-corrected chi connectivity index (χ1v) is 8.96. The van der Waals surface area contributed by atoms with Gasteiger partial charge < -0.3 is 5.32 Å². The van der Waals surface area contributed by atoms with Gasteiger partial charge in [-0.2, -0.15) is 13.2 Å². The average molecular weight is 375 g/mol. The van der Waals surface area contributed by atoms with E-state index in [2.05, 4.69) is 15.5 Å². The van der Waals surface area contributed by atoms with Gasteiger partial charge in [0, 0.05) is 12.2 Å². The Morgan fingerprint density at radius 1 is 1.33 bits per heavy atom. The fraction of sp³-hybridized carbons (Fsp3) is 0.400. The van der Waals surface area contributed by atoms with Gasteiger partial charge in [-0.3, -0.25) is 4.79 Å². The number of amides is 1. The van der Waals surface area contributed by atoms with Gasteiger partial charge in [-0.1, -0.05) is 55.1 Å². The molecule has 0 radical (unpaired) electrons. The van der Waals surface area contributed by atoms with Gasteiger partial charge in [0.2, 0.25) is 11.0 Å². The topological polar surface area (TPSA) is 54.9 Å². The highest BCUT2D eigenvalue weighted by Gasteiger charge is 2.30. The van der Waals surface area contributed by atoms with Crippen molar-refractivity contribution >= 4 is 34.1 Å². The number of hydrogen-bond acceptors (Lipinski definition) is 5. The lowest BCUT2D eigenvalue weighted by molar-refractivity contribution is -0.137. The molecule has 1 N–H and O–H groups in total. The minimum absolute atomic E-state index is 0.129. The molecule has 0 atom stereocenters. The first-order valence-electron chi connectivity index (χ1n) is 7.16. The predicted octanol–water partition coefficient (Wildman–Crippen LogP) is 4.83. The Kier molecular flexibility index (Phi) is 6.22. The molecule has 1 aromatic carbocycles. The molecule has 130 valence electrons. The Hall–Kier alpha value is -1.61. The molecule has 1 aromatic heterocycles. The summed E-state index contributed by atoms with van der Waals surface area (Å²) in [5.41, 5.74) is -0.116. The van der Waals surface area contributed by atoms with Crippen LogP contribution in [-0.4, -0.2) is 16.1 Å². The Bertz CT molecular complexity index is 701. The van der Waals surface area contributed by atoms with E-state index in [1.807, 2.05) is 13.8 Å². The summed E-state index contributed by atoms with van der Waals surface area (Å²) in [6, 6.07) is 5.19. The van der Waals surface area contributed by atoms with E-state index >= 15 is 0 Å². The number of rotatable bonds is 6. The summed E-state index contributed by atoms with van der Waals surface area (Å²) < 4.78 is 38.6. The van der Waals surface area contributed by atoms with E-state index < -0.39 is 11.7 Å². The summed E-state index contributed by atoms with van der Waals surface area (Å²) in [7, 11) is 0. The minimum atomic E-state index is -4.35. The van der Waals surface area contributed by atoms with E-state index in [0.29, 0.717) is 27.2 Å². The van der Waals surface area contributed by atoms with Crippen LogP contribution in [0.4, 0.5) is 18.3 Å². The second-order valence-corrected chi connectivity index (χ2v) is 7.71. The molecule has 4 nitrogen and oxygen atoms in total. The quantitative estimate of drug-likeness (QED) is 0.580. The monoisotopic (exact) mass is 375 g/mol. The van der Waals surface area contributed by atoms with Gasteiger partial charge in [0.25, 0.3) is 0 Å². The Morgan fingerprint density at radius 2 is 2.08 bits per heavy atom. The molecular formula is C15H16F3N3OS2. The van der Waals surface area contributed by atoms with Gasteiger partial charge in [-0.15, -0.1) is 10.2 Å². The van der Waals surface area contributed by atoms with Crippen molar-refractivity contribution in [2.24, 2.45) is 5.92 Å². The van der Waals surface area contributed by atoms with Crippen LogP contribution in [0.3, 0.4) is 0 Å². The maximum atomic E-state index is 12.7. The number of benzene rings is 1. The summed E-state index contributed by atoms with van der Waals surface area (Å²) >= 11 is 2.48. The highest BCUT2D eigenvalue weighted by molar-refractivity contribution is 8.00. The molecule has 24 heavy (non-hydrogen) atoms. The number of hydrogen-bond donors (Lipinski definition) is 1. The molecule has 0 saturated carbocycles. The van der Waals surface area contributed by atoms with Crippen LogP contribution in [0.1, 0.15) is 31.4 Å². The second-order valence-electron chi connectivity index (χ2n) is 5.51. The Morgan fingerprint density at radius 3 is 2.75 bits per heavy atom. The highest BCUT2D eigenvalue weighted by Crippen LogP contribution is 2.32. The lowest BCUT2D eigenvalue weighted by Gasteiger charge is -2.07. The molecular weight excluding hydrogens is 359 g/mol. The summed E-state index contributed by atoms with van der Waals surface area (Å²) in [6.45, 7) is 3.88. The van der Waals surface area contributed by atoms with Gasteiger partial charge in [-0.05, 0) is 17.5 Å². The van der Waals surface area contributed by atoms with Crippen molar-refractivity contribution in [3.8, 4) is 0 Å². The van der Waals surface area contributed by atoms with Crippen molar-refractivity contribution in [1.82, 2.24) is 10.2 Å². The molecule has 2 aromatic rings. The molecule has 0 aliphatic heterocycles. The zero-order valence-electron chi connectivity index (χ0n) is 13.1. The first-order chi connectivity index (χ1) is 11.2. The van der Waals surface area contributed by atoms with Crippen LogP contribution >= 0.6 is 23.1 Å². The third-order valence-corrected chi connectivity index (χ3v) is 4.91. The zero-order valence-corrected chi connectivity index (χ0v) is 14.7. The fourth-order valence-corrected chi connectivity index (χ4v) is 3.55. The van der Waals surface area contributed by atoms with E-state index in [1.165, 1.54) is 29.2 Å². The molecule has 1 amide bonds. The van der Waals surface area contributed by atoms with Crippen molar-refractivity contribution in [3.63, 3.8) is 0 Å². The maximum absolute atomic E-state index is 12.7. The second kappa shape index (κ2) is 7.98. The van der Waals surface area contributed by atoms with Crippen molar-refractivity contribution < 1.29 is 18.0 Å². The molecule has 0 spiro atoms. The highest BCUT2D eigenvalue weighted by atomic mass is 32.2. The molecule has 1 heterocycles. The van der Waals surface area contributed by atoms with E-state index in [4.69, 9.17) is 0 Å². The van der Waals surface area contributed by atoms with Crippen LogP contribution in [-0.2, 0) is 16.7 Å². The van der Waals surface area contributed by atoms with Gasteiger partial charge in [-0.25, -0.2) is 0 Å². The molecule has 0 aliphatic carbocycles. The SMILES string of the molecule is CC(C)CC(=O)Nc1nnc(SCc2cccc(C(F)(F)F)c2)s1. The fourth-order valence-electron chi connectivity index (χ4n) is 1.84. The lowest BCUT2D eigenvalue weighted by Crippen LogP contribution is -2.13. The minimum Gasteiger partial charge on any atom is -0.300 e. The summed E-state index contributed by atoms with van der Waals surface area (Å²) in [6.07, 6.45) is -3.95. The largest absolute Gasteiger partial charge is 0.416 e. The van der Waals surface area contributed by atoms with E-state index in [0.717, 1.165) is 12.1 Å². The maximum Gasteiger partial charge on any atom is 0.416 e. The van der Waals surface area contributed by atoms with Crippen LogP contribution in [0.15, 0.2) is 28.6 Å². The van der Waals surface area contributed by atoms with E-state index in [-0.39, 0.29) is 11.8 Å². The van der Waals surface area contributed by atoms with E-state index in [1.54, 1.807) is 6.07 Å². The smallest absolute Gasteiger partial charge is 0.300 e. The zero-order chi connectivity index (χ0) is 17.7. The number of alkyl halides is 3. The van der Waals surface area contributed by atoms with Crippen LogP contribution in [0.5, 0.6) is 0 Å². The Balaban J connectivity index is 1.93. The summed E-state index contributed by atoms with van der Waals surface area (Å²) in [4.78, 5) is 11.7. The van der Waals surface area contributed by atoms with Crippen molar-refractivity contribution in [3.05, 3.63) is 35.4 Å². The van der Waals surface area contributed by atoms with Crippen LogP contribution in [0, 0.1) is 5.92 Å². The lowest BCUT2D eigenvalue weighted by atomic mass is 10.1. The average Bonchev–Trinajstić information content (AvgIpc) is 2.91. The van der Waals surface area contributed by atoms with Crippen LogP contribution in [0.2, 0.25) is 0 Å². The molecule has 0 bridgehead atoms. The molecule has 9 heteroatoms. The third-order valence-electron chi connectivity index (χ3n) is 2.86. The van der Waals surface area contributed by atoms with Gasteiger partial charge >= 0.3 is 6.18 Å². The number of nitrogens with one attached hydrogen (secondary N) is 1. The van der Waals surface area contributed by atoms with Gasteiger partial charge in [0.1, 0.15) is 0 Å². The van der Waals surface area contributed by atoms with E-state index in [9.17, 15) is 18.0 Å². The van der Waals surface area contributed by atoms with Crippen LogP contribution in [0.25, 0.3) is 0 Å². The number of carbonyl (C=O) groups is 1. The number of nitrogens with zero attached hydrogens (tertiary/aromatic N) is 2. The van der Waals surface area contributed by atoms with Gasteiger partial charge in [0.15, 0.2) is 4.34 Å². The molecule has 0 saturated heterocycles. The third kappa shape index (κ3) is 5.79. The predicted molar refractivity (Wildman–Crippen MR) is 89.0 cm³/mol. The molecule has 0 fully saturated rings. The number of thioether (sulfide) groups is 1. The van der Waals surface area contributed by atoms with Crippen molar-refractivity contribution in [2.45, 2.75) is 36.5 Å². The normalized spacial score (nSPS) is 11.8. The molecule has 0 aliphatic rings. The number of anilines is 1. The number of aromatic nitrogens is 2. The summed E-state index contributed by atoms with van der Waals surface area (Å²) in [5.74, 6) is 0.460. The summed E-state index contributed by atoms with van der Waals surface area (Å²) in [5, 5.41) is 10.9. The van der Waals surface area contributed by atoms with Crippen molar-refractivity contribution in [2.75, 3.05) is 5.32 Å². The Labute approximate surface area is 145 Å². The number of halogens is 3.